The highest BCUT2D eigenvalue weighted by Crippen LogP contribution is 2.29. The van der Waals surface area contributed by atoms with Crippen LogP contribution in [0.3, 0.4) is 0 Å². The van der Waals surface area contributed by atoms with Gasteiger partial charge in [-0.3, -0.25) is 24.2 Å². The Morgan fingerprint density at radius 3 is 2.71 bits per heavy atom. The molecule has 0 bridgehead atoms. The number of hydrogen-bond acceptors (Lipinski definition) is 7. The van der Waals surface area contributed by atoms with Crippen LogP contribution in [0.25, 0.3) is 22.3 Å². The second-order valence-electron chi connectivity index (χ2n) is 7.81. The van der Waals surface area contributed by atoms with Crippen LogP contribution in [0.4, 0.5) is 5.95 Å². The van der Waals surface area contributed by atoms with Crippen LogP contribution in [0.1, 0.15) is 31.7 Å². The molecule has 0 spiro atoms. The highest BCUT2D eigenvalue weighted by molar-refractivity contribution is 5.74. The summed E-state index contributed by atoms with van der Waals surface area (Å²) >= 11 is 0. The number of nitrogens with one attached hydrogen (secondary N) is 2. The second kappa shape index (κ2) is 7.78. The maximum atomic E-state index is 12.5. The highest BCUT2D eigenvalue weighted by Gasteiger charge is 2.24. The first-order chi connectivity index (χ1) is 15.1. The summed E-state index contributed by atoms with van der Waals surface area (Å²) < 4.78 is 3.18. The van der Waals surface area contributed by atoms with Crippen LogP contribution in [0, 0.1) is 0 Å². The summed E-state index contributed by atoms with van der Waals surface area (Å²) in [5.74, 6) is 0.443. The van der Waals surface area contributed by atoms with Gasteiger partial charge >= 0.3 is 0 Å². The largest absolute Gasteiger partial charge is 0.353 e. The number of aryl methyl sites for hydroxylation is 1. The monoisotopic (exact) mass is 418 g/mol. The highest BCUT2D eigenvalue weighted by atomic mass is 16.1. The molecule has 2 N–H and O–H groups in total. The molecular formula is C21H22N8O2. The van der Waals surface area contributed by atoms with Crippen molar-refractivity contribution in [1.82, 2.24) is 34.5 Å². The van der Waals surface area contributed by atoms with Crippen LogP contribution in [0.2, 0.25) is 0 Å². The van der Waals surface area contributed by atoms with Crippen molar-refractivity contribution in [2.24, 2.45) is 7.05 Å². The van der Waals surface area contributed by atoms with Crippen LogP contribution in [0.5, 0.6) is 0 Å². The molecule has 1 aliphatic carbocycles. The lowest BCUT2D eigenvalue weighted by Crippen LogP contribution is -2.33. The number of aromatic amines is 1. The minimum absolute atomic E-state index is 0.0359. The van der Waals surface area contributed by atoms with Gasteiger partial charge in [0.25, 0.3) is 11.1 Å². The van der Waals surface area contributed by atoms with E-state index in [1.165, 1.54) is 6.20 Å². The van der Waals surface area contributed by atoms with E-state index in [0.717, 1.165) is 36.9 Å². The molecule has 158 valence electrons. The summed E-state index contributed by atoms with van der Waals surface area (Å²) in [6.45, 7) is 0. The van der Waals surface area contributed by atoms with Crippen LogP contribution < -0.4 is 16.4 Å². The van der Waals surface area contributed by atoms with E-state index in [1.807, 2.05) is 12.1 Å². The number of fused-ring (bicyclic) bond motifs is 1. The first-order valence-corrected chi connectivity index (χ1v) is 10.3. The van der Waals surface area contributed by atoms with Gasteiger partial charge < -0.3 is 5.32 Å². The van der Waals surface area contributed by atoms with E-state index in [1.54, 1.807) is 40.9 Å². The molecule has 10 nitrogen and oxygen atoms in total. The molecule has 1 fully saturated rings. The van der Waals surface area contributed by atoms with Crippen molar-refractivity contribution >= 4 is 17.0 Å². The second-order valence-corrected chi connectivity index (χ2v) is 7.81. The van der Waals surface area contributed by atoms with Gasteiger partial charge in [-0.25, -0.2) is 4.68 Å². The van der Waals surface area contributed by atoms with Gasteiger partial charge in [0.2, 0.25) is 5.95 Å². The van der Waals surface area contributed by atoms with E-state index in [2.05, 4.69) is 30.5 Å². The minimum Gasteiger partial charge on any atom is -0.353 e. The lowest BCUT2D eigenvalue weighted by Gasteiger charge is -2.29. The number of hydrogen-bond donors (Lipinski definition) is 2. The van der Waals surface area contributed by atoms with Crippen LogP contribution in [-0.4, -0.2) is 40.6 Å². The molecule has 0 amide bonds. The fourth-order valence-corrected chi connectivity index (χ4v) is 4.11. The summed E-state index contributed by atoms with van der Waals surface area (Å²) in [4.78, 5) is 36.1. The molecule has 4 heterocycles. The average Bonchev–Trinajstić information content (AvgIpc) is 3.17. The Kier molecular flexibility index (Phi) is 4.81. The molecule has 4 aromatic heterocycles. The van der Waals surface area contributed by atoms with Gasteiger partial charge in [0.1, 0.15) is 5.39 Å². The molecule has 0 aliphatic heterocycles. The standard InChI is InChI=1S/C21H22N8O2/c1-28-19-16(12-23-28)20(31)26-21(25-19)24-14-4-6-15(7-5-14)29-18(30)9-8-17(27-29)13-3-2-10-22-11-13/h2-3,8-12,14-15H,4-7H2,1H3,(H2,24,25,26,31). The van der Waals surface area contributed by atoms with Gasteiger partial charge in [-0.1, -0.05) is 0 Å². The number of aromatic nitrogens is 7. The lowest BCUT2D eigenvalue weighted by atomic mass is 9.91. The maximum Gasteiger partial charge on any atom is 0.267 e. The molecule has 0 unspecified atom stereocenters. The molecule has 1 aliphatic rings. The van der Waals surface area contributed by atoms with Crippen molar-refractivity contribution in [1.29, 1.82) is 0 Å². The summed E-state index contributed by atoms with van der Waals surface area (Å²) in [5, 5.41) is 12.5. The predicted molar refractivity (Wildman–Crippen MR) is 116 cm³/mol. The van der Waals surface area contributed by atoms with Gasteiger partial charge in [0.05, 0.1) is 17.9 Å². The number of anilines is 1. The van der Waals surface area contributed by atoms with E-state index in [9.17, 15) is 9.59 Å². The lowest BCUT2D eigenvalue weighted by molar-refractivity contribution is 0.304. The minimum atomic E-state index is -0.211. The van der Waals surface area contributed by atoms with E-state index in [4.69, 9.17) is 0 Å². The van der Waals surface area contributed by atoms with Crippen molar-refractivity contribution in [3.8, 4) is 11.3 Å². The van der Waals surface area contributed by atoms with E-state index in [-0.39, 0.29) is 23.2 Å². The normalized spacial score (nSPS) is 18.9. The van der Waals surface area contributed by atoms with Gasteiger partial charge in [-0.15, -0.1) is 0 Å². The Labute approximate surface area is 177 Å². The number of rotatable bonds is 4. The number of H-pyrrole nitrogens is 1. The molecule has 4 aromatic rings. The van der Waals surface area contributed by atoms with Crippen molar-refractivity contribution in [3.63, 3.8) is 0 Å². The zero-order valence-electron chi connectivity index (χ0n) is 17.0. The predicted octanol–water partition coefficient (Wildman–Crippen LogP) is 1.87. The Morgan fingerprint density at radius 2 is 1.94 bits per heavy atom. The van der Waals surface area contributed by atoms with Gasteiger partial charge in [0, 0.05) is 37.1 Å². The topological polar surface area (TPSA) is 123 Å². The third kappa shape index (κ3) is 3.72. The quantitative estimate of drug-likeness (QED) is 0.518. The molecule has 1 saturated carbocycles. The molecular weight excluding hydrogens is 396 g/mol. The fraction of sp³-hybridized carbons (Fsp3) is 0.333. The summed E-state index contributed by atoms with van der Waals surface area (Å²) in [6, 6.07) is 7.27. The first kappa shape index (κ1) is 19.2. The summed E-state index contributed by atoms with van der Waals surface area (Å²) in [6.07, 6.45) is 8.25. The van der Waals surface area contributed by atoms with Crippen LogP contribution in [-0.2, 0) is 7.05 Å². The zero-order chi connectivity index (χ0) is 21.4. The van der Waals surface area contributed by atoms with Gasteiger partial charge in [0.15, 0.2) is 5.65 Å². The van der Waals surface area contributed by atoms with Crippen LogP contribution >= 0.6 is 0 Å². The van der Waals surface area contributed by atoms with Crippen LogP contribution in [0.15, 0.2) is 52.4 Å². The van der Waals surface area contributed by atoms with Crippen molar-refractivity contribution < 1.29 is 0 Å². The van der Waals surface area contributed by atoms with E-state index in [0.29, 0.717) is 17.0 Å². The summed E-state index contributed by atoms with van der Waals surface area (Å²) in [7, 11) is 1.76. The molecule has 0 saturated heterocycles. The summed E-state index contributed by atoms with van der Waals surface area (Å²) in [5.41, 5.74) is 1.85. The molecule has 10 heteroatoms. The third-order valence-electron chi connectivity index (χ3n) is 5.77. The Morgan fingerprint density at radius 1 is 1.10 bits per heavy atom. The first-order valence-electron chi connectivity index (χ1n) is 10.3. The molecule has 0 aromatic carbocycles. The number of pyridine rings is 1. The van der Waals surface area contributed by atoms with E-state index < -0.39 is 0 Å². The Balaban J connectivity index is 1.30. The molecule has 0 atom stereocenters. The Bertz CT molecular complexity index is 1330. The van der Waals surface area contributed by atoms with E-state index >= 15 is 0 Å². The molecule has 0 radical (unpaired) electrons. The van der Waals surface area contributed by atoms with Crippen molar-refractivity contribution in [3.05, 3.63) is 63.6 Å². The van der Waals surface area contributed by atoms with Gasteiger partial charge in [-0.05, 0) is 43.9 Å². The SMILES string of the molecule is Cn1ncc2c(=O)[nH]c(NC3CCC(n4nc(-c5cccnc5)ccc4=O)CC3)nc21. The van der Waals surface area contributed by atoms with Crippen molar-refractivity contribution in [2.75, 3.05) is 5.32 Å². The average molecular weight is 418 g/mol. The molecule has 5 rings (SSSR count). The number of nitrogens with zero attached hydrogens (tertiary/aromatic N) is 6. The smallest absolute Gasteiger partial charge is 0.267 e. The molecule has 31 heavy (non-hydrogen) atoms. The third-order valence-corrected chi connectivity index (χ3v) is 5.77. The Hall–Kier alpha value is -3.82. The fourth-order valence-electron chi connectivity index (χ4n) is 4.11. The van der Waals surface area contributed by atoms with Gasteiger partial charge in [-0.2, -0.15) is 15.2 Å². The maximum absolute atomic E-state index is 12.5. The zero-order valence-corrected chi connectivity index (χ0v) is 17.0. The van der Waals surface area contributed by atoms with Crippen molar-refractivity contribution in [2.45, 2.75) is 37.8 Å².